The van der Waals surface area contributed by atoms with Crippen molar-refractivity contribution in [3.63, 3.8) is 0 Å². The number of amides is 1. The van der Waals surface area contributed by atoms with Gasteiger partial charge in [-0.1, -0.05) is 12.1 Å². The summed E-state index contributed by atoms with van der Waals surface area (Å²) in [6, 6.07) is 9.28. The monoisotopic (exact) mass is 376 g/mol. The number of nitrogens with one attached hydrogen (secondary N) is 2. The second-order valence-corrected chi connectivity index (χ2v) is 6.35. The highest BCUT2D eigenvalue weighted by Gasteiger charge is 2.05. The molecule has 0 saturated heterocycles. The maximum Gasteiger partial charge on any atom is 0.261 e. The van der Waals surface area contributed by atoms with Crippen LogP contribution in [-0.2, 0) is 6.54 Å². The van der Waals surface area contributed by atoms with E-state index in [1.165, 1.54) is 11.3 Å². The molecule has 2 rings (SSSR count). The first-order chi connectivity index (χ1) is 12.6. The highest BCUT2D eigenvalue weighted by molar-refractivity contribution is 7.12. The maximum absolute atomic E-state index is 11.8. The van der Waals surface area contributed by atoms with Gasteiger partial charge in [-0.3, -0.25) is 4.79 Å². The van der Waals surface area contributed by atoms with Gasteiger partial charge >= 0.3 is 0 Å². The predicted octanol–water partition coefficient (Wildman–Crippen LogP) is 1.99. The molecule has 1 amide bonds. The molecule has 1 aromatic heterocycles. The lowest BCUT2D eigenvalue weighted by atomic mass is 10.2. The third-order valence-electron chi connectivity index (χ3n) is 3.57. The molecule has 1 heterocycles. The third kappa shape index (κ3) is 5.96. The molecule has 26 heavy (non-hydrogen) atoms. The topological polar surface area (TPSA) is 98.0 Å². The van der Waals surface area contributed by atoms with E-state index in [4.69, 9.17) is 15.2 Å². The van der Waals surface area contributed by atoms with Crippen molar-refractivity contribution in [3.05, 3.63) is 46.2 Å². The first-order valence-electron chi connectivity index (χ1n) is 8.20. The van der Waals surface area contributed by atoms with Gasteiger partial charge in [0.1, 0.15) is 0 Å². The minimum atomic E-state index is -0.0462. The molecule has 0 radical (unpaired) electrons. The summed E-state index contributed by atoms with van der Waals surface area (Å²) >= 11 is 1.43. The summed E-state index contributed by atoms with van der Waals surface area (Å²) in [5.74, 6) is 1.66. The zero-order chi connectivity index (χ0) is 18.8. The molecule has 0 bridgehead atoms. The molecule has 0 saturated carbocycles. The van der Waals surface area contributed by atoms with Crippen LogP contribution in [0.2, 0.25) is 0 Å². The number of guanidine groups is 1. The number of carbonyl (C=O) groups is 1. The van der Waals surface area contributed by atoms with Gasteiger partial charge < -0.3 is 25.8 Å². The van der Waals surface area contributed by atoms with Crippen molar-refractivity contribution >= 4 is 23.2 Å². The first-order valence-corrected chi connectivity index (χ1v) is 9.08. The Hall–Kier alpha value is -2.74. The van der Waals surface area contributed by atoms with Crippen LogP contribution in [-0.4, -0.2) is 39.2 Å². The van der Waals surface area contributed by atoms with E-state index in [1.54, 1.807) is 20.3 Å². The maximum atomic E-state index is 11.8. The van der Waals surface area contributed by atoms with E-state index in [9.17, 15) is 4.79 Å². The number of hydrogen-bond donors (Lipinski definition) is 3. The number of nitrogens with two attached hydrogens (primary N) is 1. The van der Waals surface area contributed by atoms with Gasteiger partial charge in [-0.05, 0) is 35.6 Å². The number of benzene rings is 1. The minimum absolute atomic E-state index is 0.0462. The van der Waals surface area contributed by atoms with Gasteiger partial charge in [-0.15, -0.1) is 11.3 Å². The van der Waals surface area contributed by atoms with Gasteiger partial charge in [0, 0.05) is 13.1 Å². The number of methoxy groups -OCH3 is 2. The van der Waals surface area contributed by atoms with Crippen molar-refractivity contribution in [2.24, 2.45) is 10.7 Å². The molecular weight excluding hydrogens is 352 g/mol. The van der Waals surface area contributed by atoms with Crippen molar-refractivity contribution in [3.8, 4) is 11.5 Å². The fourth-order valence-electron chi connectivity index (χ4n) is 2.21. The predicted molar refractivity (Wildman–Crippen MR) is 104 cm³/mol. The lowest BCUT2D eigenvalue weighted by Crippen LogP contribution is -2.34. The van der Waals surface area contributed by atoms with Gasteiger partial charge in [-0.25, -0.2) is 4.99 Å². The van der Waals surface area contributed by atoms with E-state index >= 15 is 0 Å². The van der Waals surface area contributed by atoms with E-state index < -0.39 is 0 Å². The summed E-state index contributed by atoms with van der Waals surface area (Å²) in [5, 5.41) is 7.78. The number of hydrogen-bond acceptors (Lipinski definition) is 5. The second-order valence-electron chi connectivity index (χ2n) is 5.40. The first kappa shape index (κ1) is 19.6. The molecule has 0 unspecified atom stereocenters. The smallest absolute Gasteiger partial charge is 0.261 e. The molecule has 1 aromatic carbocycles. The van der Waals surface area contributed by atoms with Crippen LogP contribution in [0.1, 0.15) is 21.7 Å². The lowest BCUT2D eigenvalue weighted by Gasteiger charge is -2.09. The number of aliphatic imine (C=N–C) groups is 1. The molecular formula is C18H24N4O3S. The van der Waals surface area contributed by atoms with Crippen molar-refractivity contribution in [2.75, 3.05) is 27.3 Å². The summed E-state index contributed by atoms with van der Waals surface area (Å²) in [5.41, 5.74) is 6.83. The quantitative estimate of drug-likeness (QED) is 0.353. The Labute approximate surface area is 157 Å². The van der Waals surface area contributed by atoms with E-state index in [0.717, 1.165) is 12.0 Å². The van der Waals surface area contributed by atoms with Crippen LogP contribution in [0.3, 0.4) is 0 Å². The average molecular weight is 376 g/mol. The van der Waals surface area contributed by atoms with Crippen LogP contribution < -0.4 is 25.8 Å². The van der Waals surface area contributed by atoms with E-state index in [2.05, 4.69) is 15.6 Å². The Balaban J connectivity index is 1.69. The molecule has 0 spiro atoms. The van der Waals surface area contributed by atoms with E-state index in [1.807, 2.05) is 29.6 Å². The van der Waals surface area contributed by atoms with E-state index in [-0.39, 0.29) is 5.91 Å². The number of carbonyl (C=O) groups excluding carboxylic acids is 1. The highest BCUT2D eigenvalue weighted by atomic mass is 32.1. The van der Waals surface area contributed by atoms with E-state index in [0.29, 0.717) is 42.0 Å². The highest BCUT2D eigenvalue weighted by Crippen LogP contribution is 2.27. The number of nitrogens with zero attached hydrogens (tertiary/aromatic N) is 1. The van der Waals surface area contributed by atoms with Crippen LogP contribution in [0, 0.1) is 0 Å². The minimum Gasteiger partial charge on any atom is -0.493 e. The molecule has 7 nitrogen and oxygen atoms in total. The molecule has 140 valence electrons. The Bertz CT molecular complexity index is 732. The SMILES string of the molecule is COc1ccc(CN=C(N)NCCCNC(=O)c2cccs2)cc1OC. The normalized spacial score (nSPS) is 11.1. The zero-order valence-electron chi connectivity index (χ0n) is 15.0. The molecule has 4 N–H and O–H groups in total. The van der Waals surface area contributed by atoms with Gasteiger partial charge in [0.05, 0.1) is 25.6 Å². The largest absolute Gasteiger partial charge is 0.493 e. The molecule has 0 fully saturated rings. The molecule has 0 atom stereocenters. The van der Waals surface area contributed by atoms with Crippen molar-refractivity contribution in [2.45, 2.75) is 13.0 Å². The second kappa shape index (κ2) is 10.3. The Morgan fingerprint density at radius 2 is 1.92 bits per heavy atom. The molecule has 2 aromatic rings. The fourth-order valence-corrected chi connectivity index (χ4v) is 2.85. The Kier molecular flexibility index (Phi) is 7.75. The van der Waals surface area contributed by atoms with Gasteiger partial charge in [0.2, 0.25) is 0 Å². The van der Waals surface area contributed by atoms with Crippen molar-refractivity contribution in [1.82, 2.24) is 10.6 Å². The van der Waals surface area contributed by atoms with Crippen LogP contribution in [0.15, 0.2) is 40.7 Å². The van der Waals surface area contributed by atoms with Crippen LogP contribution >= 0.6 is 11.3 Å². The lowest BCUT2D eigenvalue weighted by molar-refractivity contribution is 0.0957. The number of ether oxygens (including phenoxy) is 2. The van der Waals surface area contributed by atoms with Crippen LogP contribution in [0.25, 0.3) is 0 Å². The number of rotatable bonds is 9. The van der Waals surface area contributed by atoms with Crippen molar-refractivity contribution < 1.29 is 14.3 Å². The Morgan fingerprint density at radius 3 is 2.62 bits per heavy atom. The molecule has 0 aliphatic rings. The summed E-state index contributed by atoms with van der Waals surface area (Å²) < 4.78 is 10.5. The molecule has 0 aliphatic carbocycles. The summed E-state index contributed by atoms with van der Waals surface area (Å²) in [4.78, 5) is 16.8. The molecule has 0 aliphatic heterocycles. The summed E-state index contributed by atoms with van der Waals surface area (Å²) in [6.07, 6.45) is 0.754. The van der Waals surface area contributed by atoms with Gasteiger partial charge in [0.15, 0.2) is 17.5 Å². The van der Waals surface area contributed by atoms with Crippen LogP contribution in [0.5, 0.6) is 11.5 Å². The zero-order valence-corrected chi connectivity index (χ0v) is 15.8. The molecule has 8 heteroatoms. The van der Waals surface area contributed by atoms with Gasteiger partial charge in [0.25, 0.3) is 5.91 Å². The standard InChI is InChI=1S/C18H24N4O3S/c1-24-14-7-6-13(11-15(14)25-2)12-22-18(19)21-9-4-8-20-17(23)16-5-3-10-26-16/h3,5-7,10-11H,4,8-9,12H2,1-2H3,(H,20,23)(H3,19,21,22). The Morgan fingerprint density at radius 1 is 1.15 bits per heavy atom. The summed E-state index contributed by atoms with van der Waals surface area (Å²) in [7, 11) is 3.19. The third-order valence-corrected chi connectivity index (χ3v) is 4.44. The summed E-state index contributed by atoms with van der Waals surface area (Å²) in [6.45, 7) is 1.65. The average Bonchev–Trinajstić information content (AvgIpc) is 3.20. The number of thiophene rings is 1. The van der Waals surface area contributed by atoms with Gasteiger partial charge in [-0.2, -0.15) is 0 Å². The van der Waals surface area contributed by atoms with Crippen molar-refractivity contribution in [1.29, 1.82) is 0 Å². The fraction of sp³-hybridized carbons (Fsp3) is 0.333. The van der Waals surface area contributed by atoms with Crippen LogP contribution in [0.4, 0.5) is 0 Å².